The maximum absolute atomic E-state index is 11.4. The van der Waals surface area contributed by atoms with Gasteiger partial charge in [-0.05, 0) is 56.4 Å². The maximum Gasteiger partial charge on any atom is 2.00 e. The normalized spacial score (nSPS) is 11.8. The van der Waals surface area contributed by atoms with Crippen molar-refractivity contribution < 1.29 is 25.1 Å². The third-order valence-corrected chi connectivity index (χ3v) is 8.23. The molecule has 1 aliphatic heterocycles. The smallest absolute Gasteiger partial charge is 0.493 e. The maximum atomic E-state index is 11.4. The van der Waals surface area contributed by atoms with Gasteiger partial charge in [0.2, 0.25) is 11.4 Å². The first-order chi connectivity index (χ1) is 22.5. The fourth-order valence-corrected chi connectivity index (χ4v) is 5.21. The van der Waals surface area contributed by atoms with Crippen LogP contribution in [0.15, 0.2) is 60.2 Å². The van der Waals surface area contributed by atoms with Gasteiger partial charge in [-0.25, -0.2) is 4.70 Å². The molecule has 2 aromatic carbocycles. The first-order valence-electron chi connectivity index (χ1n) is 18.6. The first kappa shape index (κ1) is 44.7. The van der Waals surface area contributed by atoms with Crippen LogP contribution in [0.5, 0.6) is 0 Å². The zero-order valence-corrected chi connectivity index (χ0v) is 32.3. The molecule has 0 fully saturated rings. The van der Waals surface area contributed by atoms with Crippen molar-refractivity contribution in [3.63, 3.8) is 0 Å². The van der Waals surface area contributed by atoms with E-state index in [9.17, 15) is 5.53 Å². The van der Waals surface area contributed by atoms with Crippen LogP contribution < -0.4 is 0 Å². The molecule has 0 spiro atoms. The van der Waals surface area contributed by atoms with Gasteiger partial charge < -0.3 is 19.4 Å². The Morgan fingerprint density at radius 3 is 1.74 bits per heavy atom. The van der Waals surface area contributed by atoms with E-state index in [1.54, 1.807) is 0 Å². The van der Waals surface area contributed by atoms with E-state index in [1.165, 1.54) is 92.0 Å². The number of unbranched alkanes of at least 4 members (excludes halogenated alkanes) is 12. The van der Waals surface area contributed by atoms with E-state index in [0.717, 1.165) is 73.9 Å². The summed E-state index contributed by atoms with van der Waals surface area (Å²) in [4.78, 5) is 0. The molecule has 0 saturated heterocycles. The summed E-state index contributed by atoms with van der Waals surface area (Å²) >= 11 is 0. The van der Waals surface area contributed by atoms with Crippen LogP contribution in [-0.4, -0.2) is 4.70 Å². The second-order valence-corrected chi connectivity index (χ2v) is 12.5. The molecule has 47 heavy (non-hydrogen) atoms. The number of hydrogen-bond acceptors (Lipinski definition) is 0. The molecule has 0 radical (unpaired) electrons. The Balaban J connectivity index is 0.00000211. The van der Waals surface area contributed by atoms with Crippen molar-refractivity contribution in [2.45, 2.75) is 157 Å². The van der Waals surface area contributed by atoms with Crippen LogP contribution in [0.25, 0.3) is 16.9 Å². The monoisotopic (exact) mass is 728 g/mol. The molecule has 3 rings (SSSR count). The molecule has 0 bridgehead atoms. The summed E-state index contributed by atoms with van der Waals surface area (Å²) in [5, 5.41) is 0. The summed E-state index contributed by atoms with van der Waals surface area (Å²) in [6.45, 7) is 18.0. The molecular weight excluding hydrogens is 663 g/mol. The van der Waals surface area contributed by atoms with Crippen LogP contribution in [0.2, 0.25) is 0 Å². The zero-order valence-electron chi connectivity index (χ0n) is 30.8. The second-order valence-electron chi connectivity index (χ2n) is 12.5. The molecule has 2 nitrogen and oxygen atoms in total. The second kappa shape index (κ2) is 29.8. The van der Waals surface area contributed by atoms with E-state index >= 15 is 0 Å². The summed E-state index contributed by atoms with van der Waals surface area (Å²) in [5.74, 6) is 6.81. The Kier molecular flexibility index (Phi) is 28.4. The molecule has 0 N–H and O–H groups in total. The van der Waals surface area contributed by atoms with Crippen LogP contribution in [0.1, 0.15) is 166 Å². The predicted molar refractivity (Wildman–Crippen MR) is 204 cm³/mol. The van der Waals surface area contributed by atoms with Gasteiger partial charge in [0.05, 0.1) is 0 Å². The average Bonchev–Trinajstić information content (AvgIpc) is 3.41. The first-order valence-corrected chi connectivity index (χ1v) is 18.6. The number of aryl methyl sites for hydroxylation is 2. The third kappa shape index (κ3) is 18.8. The van der Waals surface area contributed by atoms with E-state index in [4.69, 9.17) is 0 Å². The Bertz CT molecular complexity index is 1200. The van der Waals surface area contributed by atoms with Crippen molar-refractivity contribution in [3.8, 4) is 11.8 Å². The van der Waals surface area contributed by atoms with Crippen molar-refractivity contribution in [1.29, 1.82) is 0 Å². The van der Waals surface area contributed by atoms with Crippen LogP contribution in [0.3, 0.4) is 0 Å². The standard InChI is InChI=1S/C36H48N2.2C4H9.Pd/c1-4-6-8-9-10-11-12-13-14-15-16-17-18-22-31-23-19-20-24-34(31)35-29-33(21-7-5-2)36(38(35)37)32-27-25-30(3)26-28-32;2*1-3-4-2;/h19-20,23-29H,4-15,18,21-22H2,1-3H3;2*1,3-4H2,2H3;/q;2*-1;+2. The summed E-state index contributed by atoms with van der Waals surface area (Å²) in [6.07, 6.45) is 24.9. The largest absolute Gasteiger partial charge is 2.00 e. The number of hydrogen-bond donors (Lipinski definition) is 0. The van der Waals surface area contributed by atoms with Gasteiger partial charge in [-0.15, -0.1) is 11.8 Å². The molecule has 0 atom stereocenters. The molecule has 0 aromatic heterocycles. The van der Waals surface area contributed by atoms with Crippen molar-refractivity contribution in [2.75, 3.05) is 0 Å². The van der Waals surface area contributed by atoms with Gasteiger partial charge in [0.25, 0.3) is 0 Å². The topological polar surface area (TPSA) is 25.3 Å². The molecule has 3 heteroatoms. The van der Waals surface area contributed by atoms with E-state index in [0.29, 0.717) is 0 Å². The van der Waals surface area contributed by atoms with Crippen LogP contribution >= 0.6 is 0 Å². The number of allylic oxidation sites excluding steroid dienone is 2. The molecule has 2 aromatic rings. The Morgan fingerprint density at radius 2 is 1.17 bits per heavy atom. The number of rotatable bonds is 18. The van der Waals surface area contributed by atoms with Gasteiger partial charge in [0, 0.05) is 35.6 Å². The minimum Gasteiger partial charge on any atom is -0.493 e. The minimum absolute atomic E-state index is 0. The van der Waals surface area contributed by atoms with Crippen molar-refractivity contribution in [1.82, 2.24) is 0 Å². The molecule has 1 heterocycles. The summed E-state index contributed by atoms with van der Waals surface area (Å²) in [6, 6.07) is 16.9. The molecular formula is C44H66N2Pd. The molecule has 0 amide bonds. The fourth-order valence-electron chi connectivity index (χ4n) is 5.21. The van der Waals surface area contributed by atoms with E-state index in [-0.39, 0.29) is 20.4 Å². The zero-order chi connectivity index (χ0) is 33.8. The predicted octanol–water partition coefficient (Wildman–Crippen LogP) is 14.1. The van der Waals surface area contributed by atoms with Gasteiger partial charge in [-0.2, -0.15) is 12.8 Å². The molecule has 0 aliphatic carbocycles. The van der Waals surface area contributed by atoms with E-state index < -0.39 is 0 Å². The summed E-state index contributed by atoms with van der Waals surface area (Å²) < 4.78 is 1.42. The molecule has 262 valence electrons. The van der Waals surface area contributed by atoms with E-state index in [2.05, 4.69) is 115 Å². The average molecular weight is 729 g/mol. The van der Waals surface area contributed by atoms with Gasteiger partial charge >= 0.3 is 20.4 Å². The van der Waals surface area contributed by atoms with Gasteiger partial charge in [0.1, 0.15) is 0 Å². The van der Waals surface area contributed by atoms with Gasteiger partial charge in [-0.1, -0.05) is 134 Å². The molecule has 0 unspecified atom stereocenters. The van der Waals surface area contributed by atoms with Crippen molar-refractivity contribution in [3.05, 3.63) is 102 Å². The Labute approximate surface area is 305 Å². The quantitative estimate of drug-likeness (QED) is 0.0480. The Hall–Kier alpha value is -2.26. The number of benzene rings is 2. The van der Waals surface area contributed by atoms with Crippen LogP contribution in [-0.2, 0) is 26.8 Å². The van der Waals surface area contributed by atoms with Crippen molar-refractivity contribution >= 4 is 11.4 Å². The number of nitrogens with zero attached hydrogens (tertiary/aromatic N) is 2. The SMILES string of the molecule is CCCCCCCCCCCC#CCCc1ccccc1C1=CC(CCCC)=C(c2ccc(C)cc2)[N+]1=[N-].[CH2-]CCC.[CH2-]CCC.[Pd+2]. The molecule has 0 saturated carbocycles. The van der Waals surface area contributed by atoms with Crippen LogP contribution in [0, 0.1) is 32.6 Å². The van der Waals surface area contributed by atoms with E-state index in [1.807, 2.05) is 0 Å². The third-order valence-electron chi connectivity index (χ3n) is 8.23. The fraction of sp³-hybridized carbons (Fsp3) is 0.545. The van der Waals surface area contributed by atoms with Gasteiger partial charge in [-0.3, -0.25) is 0 Å². The summed E-state index contributed by atoms with van der Waals surface area (Å²) in [7, 11) is 0. The minimum atomic E-state index is 0. The van der Waals surface area contributed by atoms with Crippen molar-refractivity contribution in [2.24, 2.45) is 0 Å². The van der Waals surface area contributed by atoms with Gasteiger partial charge in [0.15, 0.2) is 0 Å². The Morgan fingerprint density at radius 1 is 0.638 bits per heavy atom. The molecule has 1 aliphatic rings. The summed E-state index contributed by atoms with van der Waals surface area (Å²) in [5.41, 5.74) is 19.0. The van der Waals surface area contributed by atoms with Crippen LogP contribution in [0.4, 0.5) is 0 Å².